The average molecular weight is 430 g/mol. The van der Waals surface area contributed by atoms with E-state index in [1.54, 1.807) is 6.07 Å². The fourth-order valence-electron chi connectivity index (χ4n) is 3.32. The highest BCUT2D eigenvalue weighted by Crippen LogP contribution is 2.34. The van der Waals surface area contributed by atoms with E-state index in [2.05, 4.69) is 40.1 Å². The maximum absolute atomic E-state index is 13.0. The second kappa shape index (κ2) is 7.31. The Kier molecular flexibility index (Phi) is 4.86. The van der Waals surface area contributed by atoms with Crippen LogP contribution in [0.1, 0.15) is 60.6 Å². The third kappa shape index (κ3) is 3.56. The molecule has 1 aliphatic heterocycles. The zero-order valence-electron chi connectivity index (χ0n) is 15.2. The molecule has 4 rings (SSSR count). The molecule has 0 bridgehead atoms. The van der Waals surface area contributed by atoms with Crippen LogP contribution in [0, 0.1) is 0 Å². The molecule has 3 aromatic rings. The van der Waals surface area contributed by atoms with Crippen molar-refractivity contribution in [2.45, 2.75) is 38.6 Å². The summed E-state index contributed by atoms with van der Waals surface area (Å²) in [6, 6.07) is 11.3. The molecule has 1 saturated heterocycles. The highest BCUT2D eigenvalue weighted by molar-refractivity contribution is 9.10. The highest BCUT2D eigenvalue weighted by Gasteiger charge is 2.34. The molecule has 140 valence electrons. The van der Waals surface area contributed by atoms with Gasteiger partial charge in [-0.2, -0.15) is 0 Å². The Morgan fingerprint density at radius 3 is 2.67 bits per heavy atom. The molecule has 0 aliphatic carbocycles. The van der Waals surface area contributed by atoms with E-state index in [0.717, 1.165) is 34.3 Å². The fourth-order valence-corrected chi connectivity index (χ4v) is 3.59. The summed E-state index contributed by atoms with van der Waals surface area (Å²) in [5.74, 6) is 1.54. The zero-order chi connectivity index (χ0) is 19.0. The van der Waals surface area contributed by atoms with Crippen LogP contribution in [0.4, 0.5) is 0 Å². The van der Waals surface area contributed by atoms with Crippen molar-refractivity contribution in [2.75, 3.05) is 6.54 Å². The molecule has 1 aromatic carbocycles. The number of amides is 1. The van der Waals surface area contributed by atoms with Crippen molar-refractivity contribution in [2.24, 2.45) is 0 Å². The van der Waals surface area contributed by atoms with Crippen molar-refractivity contribution in [1.29, 1.82) is 0 Å². The first-order valence-electron chi connectivity index (χ1n) is 9.03. The molecule has 0 saturated carbocycles. The standard InChI is InChI=1S/C20H20BrN3O3/c1-12(2)18-10-15(22-26-18)17-4-3-9-24(17)20(25)16-11-19(27-23-16)13-5-7-14(21)8-6-13/h5-8,10-12,17H,3-4,9H2,1-2H3/t17-/m0/s1. The molecule has 1 atom stereocenters. The maximum atomic E-state index is 13.0. The number of hydrogen-bond donors (Lipinski definition) is 0. The minimum atomic E-state index is -0.140. The Morgan fingerprint density at radius 2 is 1.96 bits per heavy atom. The highest BCUT2D eigenvalue weighted by atomic mass is 79.9. The predicted molar refractivity (Wildman–Crippen MR) is 103 cm³/mol. The van der Waals surface area contributed by atoms with Gasteiger partial charge in [-0.3, -0.25) is 4.79 Å². The van der Waals surface area contributed by atoms with E-state index in [9.17, 15) is 4.79 Å². The first-order valence-corrected chi connectivity index (χ1v) is 9.82. The van der Waals surface area contributed by atoms with Crippen molar-refractivity contribution < 1.29 is 13.8 Å². The topological polar surface area (TPSA) is 72.4 Å². The van der Waals surface area contributed by atoms with Crippen molar-refractivity contribution in [3.63, 3.8) is 0 Å². The van der Waals surface area contributed by atoms with Gasteiger partial charge in [-0.15, -0.1) is 0 Å². The molecule has 0 radical (unpaired) electrons. The van der Waals surface area contributed by atoms with Crippen LogP contribution in [0.5, 0.6) is 0 Å². The largest absolute Gasteiger partial charge is 0.361 e. The second-order valence-corrected chi connectivity index (χ2v) is 7.96. The fraction of sp³-hybridized carbons (Fsp3) is 0.350. The van der Waals surface area contributed by atoms with Gasteiger partial charge in [-0.25, -0.2) is 0 Å². The van der Waals surface area contributed by atoms with Crippen LogP contribution >= 0.6 is 15.9 Å². The number of carbonyl (C=O) groups excluding carboxylic acids is 1. The molecule has 7 heteroatoms. The van der Waals surface area contributed by atoms with Gasteiger partial charge < -0.3 is 13.9 Å². The molecule has 1 amide bonds. The number of benzene rings is 1. The molecular formula is C20H20BrN3O3. The van der Waals surface area contributed by atoms with Crippen molar-refractivity contribution in [1.82, 2.24) is 15.2 Å². The molecule has 3 heterocycles. The molecule has 2 aromatic heterocycles. The Hall–Kier alpha value is -2.41. The molecular weight excluding hydrogens is 410 g/mol. The molecule has 0 unspecified atom stereocenters. The van der Waals surface area contributed by atoms with Crippen LogP contribution in [0.25, 0.3) is 11.3 Å². The molecule has 0 spiro atoms. The summed E-state index contributed by atoms with van der Waals surface area (Å²) in [6.07, 6.45) is 1.80. The van der Waals surface area contributed by atoms with Crippen molar-refractivity contribution in [3.05, 3.63) is 58.0 Å². The quantitative estimate of drug-likeness (QED) is 0.570. The molecule has 1 aliphatic rings. The van der Waals surface area contributed by atoms with Gasteiger partial charge in [-0.05, 0) is 25.0 Å². The van der Waals surface area contributed by atoms with Crippen LogP contribution < -0.4 is 0 Å². The lowest BCUT2D eigenvalue weighted by Gasteiger charge is -2.21. The van der Waals surface area contributed by atoms with Gasteiger partial charge in [0.1, 0.15) is 11.5 Å². The Labute approximate surface area is 165 Å². The predicted octanol–water partition coefficient (Wildman–Crippen LogP) is 5.19. The summed E-state index contributed by atoms with van der Waals surface area (Å²) in [5, 5.41) is 8.19. The van der Waals surface area contributed by atoms with E-state index in [-0.39, 0.29) is 17.9 Å². The van der Waals surface area contributed by atoms with E-state index in [0.29, 0.717) is 18.0 Å². The summed E-state index contributed by atoms with van der Waals surface area (Å²) in [4.78, 5) is 14.8. The maximum Gasteiger partial charge on any atom is 0.276 e. The van der Waals surface area contributed by atoms with E-state index in [1.807, 2.05) is 35.2 Å². The van der Waals surface area contributed by atoms with Gasteiger partial charge in [0.2, 0.25) is 0 Å². The number of hydrogen-bond acceptors (Lipinski definition) is 5. The number of nitrogens with zero attached hydrogens (tertiary/aromatic N) is 3. The van der Waals surface area contributed by atoms with E-state index in [4.69, 9.17) is 9.05 Å². The van der Waals surface area contributed by atoms with Gasteiger partial charge >= 0.3 is 0 Å². The Balaban J connectivity index is 1.55. The van der Waals surface area contributed by atoms with Crippen molar-refractivity contribution in [3.8, 4) is 11.3 Å². The Bertz CT molecular complexity index is 946. The van der Waals surface area contributed by atoms with Crippen LogP contribution in [0.3, 0.4) is 0 Å². The number of rotatable bonds is 4. The first kappa shape index (κ1) is 18.0. The van der Waals surface area contributed by atoms with E-state index < -0.39 is 0 Å². The minimum Gasteiger partial charge on any atom is -0.361 e. The summed E-state index contributed by atoms with van der Waals surface area (Å²) in [6.45, 7) is 4.79. The first-order chi connectivity index (χ1) is 13.0. The van der Waals surface area contributed by atoms with Crippen LogP contribution in [0.2, 0.25) is 0 Å². The summed E-state index contributed by atoms with van der Waals surface area (Å²) < 4.78 is 11.8. The summed E-state index contributed by atoms with van der Waals surface area (Å²) in [5.41, 5.74) is 1.99. The number of likely N-dealkylation sites (tertiary alicyclic amines) is 1. The number of halogens is 1. The lowest BCUT2D eigenvalue weighted by atomic mass is 10.1. The third-order valence-electron chi connectivity index (χ3n) is 4.83. The number of carbonyl (C=O) groups is 1. The summed E-state index contributed by atoms with van der Waals surface area (Å²) >= 11 is 3.41. The molecule has 0 N–H and O–H groups in total. The second-order valence-electron chi connectivity index (χ2n) is 7.05. The normalized spacial score (nSPS) is 17.0. The van der Waals surface area contributed by atoms with Crippen LogP contribution in [-0.4, -0.2) is 27.7 Å². The van der Waals surface area contributed by atoms with Gasteiger partial charge in [0, 0.05) is 34.6 Å². The minimum absolute atomic E-state index is 0.0819. The van der Waals surface area contributed by atoms with Crippen LogP contribution in [0.15, 0.2) is 49.9 Å². The summed E-state index contributed by atoms with van der Waals surface area (Å²) in [7, 11) is 0. The Morgan fingerprint density at radius 1 is 1.19 bits per heavy atom. The monoisotopic (exact) mass is 429 g/mol. The van der Waals surface area contributed by atoms with Gasteiger partial charge in [0.05, 0.1) is 6.04 Å². The molecule has 1 fully saturated rings. The average Bonchev–Trinajstić information content (AvgIpc) is 3.40. The number of aromatic nitrogens is 2. The molecule has 6 nitrogen and oxygen atoms in total. The van der Waals surface area contributed by atoms with Gasteiger partial charge in [0.25, 0.3) is 5.91 Å². The third-order valence-corrected chi connectivity index (χ3v) is 5.36. The van der Waals surface area contributed by atoms with Crippen LogP contribution in [-0.2, 0) is 0 Å². The zero-order valence-corrected chi connectivity index (χ0v) is 16.8. The lowest BCUT2D eigenvalue weighted by Crippen LogP contribution is -2.30. The SMILES string of the molecule is CC(C)c1cc([C@@H]2CCCN2C(=O)c2cc(-c3ccc(Br)cc3)on2)no1. The van der Waals surface area contributed by atoms with E-state index >= 15 is 0 Å². The van der Waals surface area contributed by atoms with E-state index in [1.165, 1.54) is 0 Å². The smallest absolute Gasteiger partial charge is 0.276 e. The lowest BCUT2D eigenvalue weighted by molar-refractivity contribution is 0.0720. The molecule has 27 heavy (non-hydrogen) atoms. The van der Waals surface area contributed by atoms with Gasteiger partial charge in [0.15, 0.2) is 11.5 Å². The van der Waals surface area contributed by atoms with Gasteiger partial charge in [-0.1, -0.05) is 52.2 Å². The van der Waals surface area contributed by atoms with Crippen molar-refractivity contribution >= 4 is 21.8 Å².